The Morgan fingerprint density at radius 2 is 1.52 bits per heavy atom. The zero-order chi connectivity index (χ0) is 17.2. The lowest BCUT2D eigenvalue weighted by Crippen LogP contribution is -2.40. The summed E-state index contributed by atoms with van der Waals surface area (Å²) in [6, 6.07) is 7.93. The van der Waals surface area contributed by atoms with Crippen LogP contribution >= 0.6 is 0 Å². The number of rotatable bonds is 8. The summed E-state index contributed by atoms with van der Waals surface area (Å²) in [4.78, 5) is 25.1. The topological polar surface area (TPSA) is 73.5 Å². The molecule has 23 heavy (non-hydrogen) atoms. The maximum atomic E-state index is 11.7. The first kappa shape index (κ1) is 19.0. The zero-order valence-corrected chi connectivity index (χ0v) is 14.5. The van der Waals surface area contributed by atoms with Crippen LogP contribution in [0, 0.1) is 5.92 Å². The smallest absolute Gasteiger partial charge is 0.315 e. The van der Waals surface area contributed by atoms with Crippen molar-refractivity contribution in [3.63, 3.8) is 0 Å². The van der Waals surface area contributed by atoms with E-state index in [0.717, 1.165) is 12.1 Å². The van der Waals surface area contributed by atoms with E-state index < -0.39 is 0 Å². The van der Waals surface area contributed by atoms with Crippen molar-refractivity contribution in [1.82, 2.24) is 20.9 Å². The molecule has 3 amide bonds. The lowest BCUT2D eigenvalue weighted by molar-refractivity contribution is -0.123. The van der Waals surface area contributed by atoms with Gasteiger partial charge in [0.1, 0.15) is 0 Å². The van der Waals surface area contributed by atoms with E-state index in [0.29, 0.717) is 19.6 Å². The van der Waals surface area contributed by atoms with Gasteiger partial charge in [0, 0.05) is 32.1 Å². The van der Waals surface area contributed by atoms with E-state index in [1.54, 1.807) is 0 Å². The Bertz CT molecular complexity index is 498. The molecule has 0 saturated heterocycles. The van der Waals surface area contributed by atoms with Crippen molar-refractivity contribution in [2.75, 3.05) is 27.2 Å². The van der Waals surface area contributed by atoms with Crippen molar-refractivity contribution in [2.24, 2.45) is 5.92 Å². The van der Waals surface area contributed by atoms with Crippen molar-refractivity contribution >= 4 is 11.9 Å². The van der Waals surface area contributed by atoms with Crippen LogP contribution in [-0.4, -0.2) is 44.0 Å². The minimum atomic E-state index is -0.235. The number of carbonyl (C=O) groups is 2. The molecule has 0 atom stereocenters. The molecule has 0 radical (unpaired) electrons. The first-order valence-corrected chi connectivity index (χ1v) is 7.90. The normalized spacial score (nSPS) is 10.7. The largest absolute Gasteiger partial charge is 0.354 e. The number of urea groups is 1. The Hall–Kier alpha value is -2.08. The van der Waals surface area contributed by atoms with Gasteiger partial charge in [-0.15, -0.1) is 0 Å². The third-order valence-corrected chi connectivity index (χ3v) is 3.21. The zero-order valence-electron chi connectivity index (χ0n) is 14.5. The van der Waals surface area contributed by atoms with Gasteiger partial charge in [0.05, 0.1) is 0 Å². The van der Waals surface area contributed by atoms with Crippen LogP contribution in [-0.2, 0) is 17.9 Å². The molecule has 0 aliphatic rings. The number of nitrogens with one attached hydrogen (secondary N) is 3. The molecule has 6 nitrogen and oxygen atoms in total. The highest BCUT2D eigenvalue weighted by atomic mass is 16.2. The second-order valence-corrected chi connectivity index (χ2v) is 6.11. The number of benzene rings is 1. The highest BCUT2D eigenvalue weighted by Gasteiger charge is 2.05. The second kappa shape index (κ2) is 9.84. The van der Waals surface area contributed by atoms with Crippen LogP contribution < -0.4 is 16.0 Å². The molecule has 0 fully saturated rings. The molecule has 6 heteroatoms. The van der Waals surface area contributed by atoms with E-state index in [1.807, 2.05) is 40.1 Å². The molecule has 0 aliphatic heterocycles. The number of hydrogen-bond donors (Lipinski definition) is 3. The van der Waals surface area contributed by atoms with E-state index in [2.05, 4.69) is 33.0 Å². The van der Waals surface area contributed by atoms with E-state index in [1.165, 1.54) is 5.56 Å². The molecule has 128 valence electrons. The number of amides is 3. The van der Waals surface area contributed by atoms with E-state index in [4.69, 9.17) is 0 Å². The Morgan fingerprint density at radius 1 is 0.957 bits per heavy atom. The molecular weight excluding hydrogens is 292 g/mol. The summed E-state index contributed by atoms with van der Waals surface area (Å²) in [5, 5.41) is 8.26. The van der Waals surface area contributed by atoms with Crippen LogP contribution in [0.5, 0.6) is 0 Å². The van der Waals surface area contributed by atoms with Gasteiger partial charge in [0.2, 0.25) is 5.91 Å². The fourth-order valence-corrected chi connectivity index (χ4v) is 1.94. The van der Waals surface area contributed by atoms with Gasteiger partial charge in [-0.25, -0.2) is 4.79 Å². The summed E-state index contributed by atoms with van der Waals surface area (Å²) >= 11 is 0. The Morgan fingerprint density at radius 3 is 2.09 bits per heavy atom. The Labute approximate surface area is 138 Å². The minimum Gasteiger partial charge on any atom is -0.354 e. The maximum Gasteiger partial charge on any atom is 0.315 e. The molecule has 0 aliphatic carbocycles. The van der Waals surface area contributed by atoms with Gasteiger partial charge < -0.3 is 20.9 Å². The SMILES string of the molecule is CC(C)C(=O)NCCNC(=O)NCc1ccc(CN(C)C)cc1. The number of hydrogen-bond acceptors (Lipinski definition) is 3. The van der Waals surface area contributed by atoms with Gasteiger partial charge in [-0.1, -0.05) is 38.1 Å². The monoisotopic (exact) mass is 320 g/mol. The van der Waals surface area contributed by atoms with Crippen molar-refractivity contribution in [3.8, 4) is 0 Å². The van der Waals surface area contributed by atoms with Crippen LogP contribution in [0.25, 0.3) is 0 Å². The van der Waals surface area contributed by atoms with E-state index in [-0.39, 0.29) is 17.9 Å². The molecule has 0 aromatic heterocycles. The highest BCUT2D eigenvalue weighted by Crippen LogP contribution is 2.05. The maximum absolute atomic E-state index is 11.7. The molecule has 1 aromatic carbocycles. The van der Waals surface area contributed by atoms with Crippen LogP contribution in [0.2, 0.25) is 0 Å². The van der Waals surface area contributed by atoms with Crippen molar-refractivity contribution in [1.29, 1.82) is 0 Å². The van der Waals surface area contributed by atoms with Gasteiger partial charge in [0.25, 0.3) is 0 Å². The summed E-state index contributed by atoms with van der Waals surface area (Å²) in [5.74, 6) is -0.0516. The first-order chi connectivity index (χ1) is 10.9. The van der Waals surface area contributed by atoms with Crippen LogP contribution in [0.4, 0.5) is 4.79 Å². The van der Waals surface area contributed by atoms with Gasteiger partial charge in [-0.05, 0) is 25.2 Å². The average Bonchev–Trinajstić information content (AvgIpc) is 2.50. The quantitative estimate of drug-likeness (QED) is 0.633. The third-order valence-electron chi connectivity index (χ3n) is 3.21. The molecule has 1 rings (SSSR count). The lowest BCUT2D eigenvalue weighted by Gasteiger charge is -2.11. The predicted molar refractivity (Wildman–Crippen MR) is 91.9 cm³/mol. The summed E-state index contributed by atoms with van der Waals surface area (Å²) in [6.07, 6.45) is 0. The van der Waals surface area contributed by atoms with Crippen molar-refractivity contribution in [3.05, 3.63) is 35.4 Å². The minimum absolute atomic E-state index is 0.00924. The van der Waals surface area contributed by atoms with E-state index in [9.17, 15) is 9.59 Å². The Balaban J connectivity index is 2.21. The summed E-state index contributed by atoms with van der Waals surface area (Å²) in [7, 11) is 4.06. The van der Waals surface area contributed by atoms with Crippen LogP contribution in [0.15, 0.2) is 24.3 Å². The summed E-state index contributed by atoms with van der Waals surface area (Å²) < 4.78 is 0. The molecule has 1 aromatic rings. The molecule has 0 saturated carbocycles. The van der Waals surface area contributed by atoms with Crippen molar-refractivity contribution in [2.45, 2.75) is 26.9 Å². The second-order valence-electron chi connectivity index (χ2n) is 6.11. The molecule has 0 bridgehead atoms. The lowest BCUT2D eigenvalue weighted by atomic mass is 10.1. The van der Waals surface area contributed by atoms with Crippen molar-refractivity contribution < 1.29 is 9.59 Å². The van der Waals surface area contributed by atoms with Gasteiger partial charge >= 0.3 is 6.03 Å². The fourth-order valence-electron chi connectivity index (χ4n) is 1.94. The molecular formula is C17H28N4O2. The highest BCUT2D eigenvalue weighted by molar-refractivity contribution is 5.78. The van der Waals surface area contributed by atoms with Crippen LogP contribution in [0.3, 0.4) is 0 Å². The van der Waals surface area contributed by atoms with Gasteiger partial charge in [-0.3, -0.25) is 4.79 Å². The molecule has 3 N–H and O–H groups in total. The summed E-state index contributed by atoms with van der Waals surface area (Å²) in [6.45, 7) is 5.89. The number of nitrogens with zero attached hydrogens (tertiary/aromatic N) is 1. The van der Waals surface area contributed by atoms with E-state index >= 15 is 0 Å². The average molecular weight is 320 g/mol. The molecule has 0 unspecified atom stereocenters. The van der Waals surface area contributed by atoms with Gasteiger partial charge in [-0.2, -0.15) is 0 Å². The first-order valence-electron chi connectivity index (χ1n) is 7.90. The summed E-state index contributed by atoms with van der Waals surface area (Å²) in [5.41, 5.74) is 2.29. The predicted octanol–water partition coefficient (Wildman–Crippen LogP) is 1.32. The molecule has 0 spiro atoms. The third kappa shape index (κ3) is 8.21. The standard InChI is InChI=1S/C17H28N4O2/c1-13(2)16(22)18-9-10-19-17(23)20-11-14-5-7-15(8-6-14)12-21(3)4/h5-8,13H,9-12H2,1-4H3,(H,18,22)(H2,19,20,23). The van der Waals surface area contributed by atoms with Gasteiger partial charge in [0.15, 0.2) is 0 Å². The number of carbonyl (C=O) groups excluding carboxylic acids is 2. The Kier molecular flexibility index (Phi) is 8.11. The fraction of sp³-hybridized carbons (Fsp3) is 0.529. The molecule has 0 heterocycles. The van der Waals surface area contributed by atoms with Crippen LogP contribution in [0.1, 0.15) is 25.0 Å².